The quantitative estimate of drug-likeness (QED) is 0.0483. The van der Waals surface area contributed by atoms with Gasteiger partial charge in [-0.25, -0.2) is 14.4 Å². The molecule has 13 heteroatoms. The number of aliphatic carboxylic acids is 3. The number of benzene rings is 1. The largest absolute Gasteiger partial charge is 0.479 e. The highest BCUT2D eigenvalue weighted by Gasteiger charge is 2.85. The average molecular weight is 735 g/mol. The number of aliphatic hydroxyl groups is 2. The molecule has 1 aromatic rings. The number of rotatable bonds is 25. The monoisotopic (exact) mass is 734 g/mol. The number of hydrogen-bond donors (Lipinski definition) is 5. The van der Waals surface area contributed by atoms with Crippen LogP contribution >= 0.6 is 0 Å². The second kappa shape index (κ2) is 19.6. The van der Waals surface area contributed by atoms with Crippen molar-refractivity contribution in [2.45, 2.75) is 158 Å². The maximum atomic E-state index is 13.0. The van der Waals surface area contributed by atoms with Crippen molar-refractivity contribution in [3.05, 3.63) is 48.0 Å². The summed E-state index contributed by atoms with van der Waals surface area (Å²) in [7, 11) is 0. The molecule has 2 unspecified atom stereocenters. The molecule has 2 fully saturated rings. The molecular weight excluding hydrogens is 676 g/mol. The Labute approximate surface area is 306 Å². The van der Waals surface area contributed by atoms with E-state index in [0.29, 0.717) is 18.4 Å². The third-order valence-corrected chi connectivity index (χ3v) is 10.3. The first-order valence-corrected chi connectivity index (χ1v) is 18.7. The molecule has 0 amide bonds. The molecule has 52 heavy (non-hydrogen) atoms. The molecule has 2 aliphatic heterocycles. The predicted molar refractivity (Wildman–Crippen MR) is 189 cm³/mol. The maximum absolute atomic E-state index is 13.0. The van der Waals surface area contributed by atoms with E-state index in [0.717, 1.165) is 31.2 Å². The second-order valence-corrected chi connectivity index (χ2v) is 14.3. The van der Waals surface area contributed by atoms with E-state index in [4.69, 9.17) is 18.9 Å². The minimum absolute atomic E-state index is 0.150. The van der Waals surface area contributed by atoms with Gasteiger partial charge in [-0.2, -0.15) is 0 Å². The zero-order valence-corrected chi connectivity index (χ0v) is 30.8. The van der Waals surface area contributed by atoms with Crippen molar-refractivity contribution in [3.8, 4) is 0 Å². The van der Waals surface area contributed by atoms with E-state index < -0.39 is 71.7 Å². The smallest absolute Gasteiger partial charge is 0.343 e. The van der Waals surface area contributed by atoms with Gasteiger partial charge < -0.3 is 44.5 Å². The van der Waals surface area contributed by atoms with E-state index in [1.807, 2.05) is 37.3 Å². The number of carboxylic acids is 3. The SMILES string of the molecule is C=C(CC[C@@]12O[C@H](C(=O)O)[C@@](OCCCCCCCCCCCCCC)(C(=O)O)[C@@](C(=O)O)(O1)[C@H](O)[C@H]2O)C(OC(C)=O)C(C)Cc1ccccc1. The van der Waals surface area contributed by atoms with Gasteiger partial charge in [-0.3, -0.25) is 4.79 Å². The van der Waals surface area contributed by atoms with Gasteiger partial charge in [0.1, 0.15) is 18.3 Å². The normalized spacial score (nSPS) is 27.8. The summed E-state index contributed by atoms with van der Waals surface area (Å²) in [5.74, 6) is -9.34. The summed E-state index contributed by atoms with van der Waals surface area (Å²) in [4.78, 5) is 50.8. The van der Waals surface area contributed by atoms with Crippen LogP contribution in [0.4, 0.5) is 0 Å². The van der Waals surface area contributed by atoms with Gasteiger partial charge in [-0.05, 0) is 30.4 Å². The van der Waals surface area contributed by atoms with E-state index in [9.17, 15) is 44.7 Å². The van der Waals surface area contributed by atoms with Gasteiger partial charge in [0.2, 0.25) is 17.3 Å². The van der Waals surface area contributed by atoms with Crippen molar-refractivity contribution in [2.24, 2.45) is 5.92 Å². The lowest BCUT2D eigenvalue weighted by atomic mass is 9.74. The minimum Gasteiger partial charge on any atom is -0.479 e. The maximum Gasteiger partial charge on any atom is 0.343 e. The minimum atomic E-state index is -3.27. The van der Waals surface area contributed by atoms with Crippen LogP contribution in [-0.2, 0) is 44.5 Å². The molecule has 2 aliphatic rings. The van der Waals surface area contributed by atoms with Gasteiger partial charge in [0.25, 0.3) is 0 Å². The van der Waals surface area contributed by atoms with E-state index in [2.05, 4.69) is 13.5 Å². The summed E-state index contributed by atoms with van der Waals surface area (Å²) in [6, 6.07) is 9.43. The van der Waals surface area contributed by atoms with Crippen LogP contribution in [0.2, 0.25) is 0 Å². The van der Waals surface area contributed by atoms with Gasteiger partial charge in [0, 0.05) is 25.9 Å². The Balaban J connectivity index is 1.75. The Morgan fingerprint density at radius 1 is 0.846 bits per heavy atom. The van der Waals surface area contributed by atoms with Crippen molar-refractivity contribution in [1.82, 2.24) is 0 Å². The fraction of sp³-hybridized carbons (Fsp3) is 0.692. The highest BCUT2D eigenvalue weighted by molar-refractivity contribution is 5.98. The van der Waals surface area contributed by atoms with Crippen LogP contribution in [0.3, 0.4) is 0 Å². The zero-order valence-electron chi connectivity index (χ0n) is 30.8. The molecule has 8 atom stereocenters. The fourth-order valence-corrected chi connectivity index (χ4v) is 7.58. The highest BCUT2D eigenvalue weighted by atomic mass is 16.8. The van der Waals surface area contributed by atoms with E-state index in [1.54, 1.807) is 0 Å². The van der Waals surface area contributed by atoms with Crippen LogP contribution in [0, 0.1) is 5.92 Å². The first-order chi connectivity index (χ1) is 24.7. The fourth-order valence-electron chi connectivity index (χ4n) is 7.58. The second-order valence-electron chi connectivity index (χ2n) is 14.3. The molecule has 13 nitrogen and oxygen atoms in total. The van der Waals surface area contributed by atoms with Gasteiger partial charge in [-0.1, -0.05) is 121 Å². The van der Waals surface area contributed by atoms with Crippen molar-refractivity contribution in [3.63, 3.8) is 0 Å². The van der Waals surface area contributed by atoms with E-state index in [-0.39, 0.29) is 25.4 Å². The van der Waals surface area contributed by atoms with Crippen molar-refractivity contribution in [1.29, 1.82) is 0 Å². The predicted octanol–water partition coefficient (Wildman–Crippen LogP) is 5.43. The molecule has 3 rings (SSSR count). The first-order valence-electron chi connectivity index (χ1n) is 18.7. The average Bonchev–Trinajstić information content (AvgIpc) is 3.29. The summed E-state index contributed by atoms with van der Waals surface area (Å²) in [5.41, 5.74) is -5.26. The third-order valence-electron chi connectivity index (χ3n) is 10.3. The van der Waals surface area contributed by atoms with Crippen LogP contribution in [0.1, 0.15) is 116 Å². The molecule has 1 aromatic carbocycles. The van der Waals surface area contributed by atoms with Crippen molar-refractivity contribution >= 4 is 23.9 Å². The molecule has 2 saturated heterocycles. The third kappa shape index (κ3) is 9.59. The molecule has 0 saturated carbocycles. The van der Waals surface area contributed by atoms with Crippen LogP contribution < -0.4 is 0 Å². The number of aliphatic hydroxyl groups excluding tert-OH is 2. The molecule has 5 N–H and O–H groups in total. The van der Waals surface area contributed by atoms with Crippen molar-refractivity contribution in [2.75, 3.05) is 6.61 Å². The van der Waals surface area contributed by atoms with Crippen molar-refractivity contribution < 1.29 is 63.7 Å². The van der Waals surface area contributed by atoms with Gasteiger partial charge in [0.05, 0.1) is 0 Å². The number of esters is 1. The Kier molecular flexibility index (Phi) is 16.3. The number of carboxylic acid groups (broad SMARTS) is 3. The van der Waals surface area contributed by atoms with Gasteiger partial charge in [-0.15, -0.1) is 0 Å². The Bertz CT molecular complexity index is 1350. The number of fused-ring (bicyclic) bond motifs is 2. The lowest BCUT2D eigenvalue weighted by Gasteiger charge is -2.50. The lowest BCUT2D eigenvalue weighted by molar-refractivity contribution is -0.380. The van der Waals surface area contributed by atoms with Crippen LogP contribution in [-0.4, -0.2) is 97.4 Å². The number of ether oxygens (including phenoxy) is 4. The molecule has 2 heterocycles. The first kappa shape index (κ1) is 43.0. The highest BCUT2D eigenvalue weighted by Crippen LogP contribution is 2.56. The Hall–Kier alpha value is -3.36. The molecular formula is C39H58O13. The summed E-state index contributed by atoms with van der Waals surface area (Å²) in [6.07, 6.45) is 4.01. The summed E-state index contributed by atoms with van der Waals surface area (Å²) in [6.45, 7) is 8.95. The van der Waals surface area contributed by atoms with Crippen LogP contribution in [0.15, 0.2) is 42.5 Å². The Morgan fingerprint density at radius 3 is 1.90 bits per heavy atom. The van der Waals surface area contributed by atoms with E-state index >= 15 is 0 Å². The number of carbonyl (C=O) groups is 4. The summed E-state index contributed by atoms with van der Waals surface area (Å²) in [5, 5.41) is 54.0. The van der Waals surface area contributed by atoms with Gasteiger partial charge in [0.15, 0.2) is 5.79 Å². The number of carbonyl (C=O) groups excluding carboxylic acids is 1. The van der Waals surface area contributed by atoms with Crippen LogP contribution in [0.25, 0.3) is 0 Å². The summed E-state index contributed by atoms with van der Waals surface area (Å²) < 4.78 is 22.8. The molecule has 0 aliphatic carbocycles. The zero-order chi connectivity index (χ0) is 38.5. The topological polar surface area (TPSA) is 206 Å². The molecule has 292 valence electrons. The standard InChI is InChI=1S/C39H58O13/c1-5-6-7-8-9-10-11-12-13-14-15-19-24-49-39(36(47)48)33(34(43)44)51-37(31(41)32(42)38(39,52-37)35(45)46)23-22-26(2)30(50-28(4)40)27(3)25-29-20-17-16-18-21-29/h16-18,20-21,27,30-33,41-42H,2,5-15,19,22-25H2,1,3-4H3,(H,43,44)(H,45,46)(H,47,48)/t27?,30?,31-,32-,33-,37-,38-,39-/m1/s1. The molecule has 0 spiro atoms. The number of hydrogen-bond acceptors (Lipinski definition) is 10. The van der Waals surface area contributed by atoms with Crippen LogP contribution in [0.5, 0.6) is 0 Å². The molecule has 0 radical (unpaired) electrons. The van der Waals surface area contributed by atoms with Gasteiger partial charge >= 0.3 is 23.9 Å². The molecule has 0 aromatic heterocycles. The Morgan fingerprint density at radius 2 is 1.40 bits per heavy atom. The number of unbranched alkanes of at least 4 members (excludes halogenated alkanes) is 11. The lowest BCUT2D eigenvalue weighted by Crippen LogP contribution is -2.78. The molecule has 2 bridgehead atoms. The van der Waals surface area contributed by atoms with E-state index in [1.165, 1.54) is 45.4 Å². The summed E-state index contributed by atoms with van der Waals surface area (Å²) >= 11 is 0.